The first-order chi connectivity index (χ1) is 15.9. The number of carboxylic acids is 1. The zero-order valence-corrected chi connectivity index (χ0v) is 18.9. The minimum atomic E-state index is -0.869. The van der Waals surface area contributed by atoms with E-state index >= 15 is 0 Å². The van der Waals surface area contributed by atoms with Crippen LogP contribution < -0.4 is 18.9 Å². The number of rotatable bonds is 8. The molecule has 0 radical (unpaired) electrons. The van der Waals surface area contributed by atoms with Crippen molar-refractivity contribution >= 4 is 11.9 Å². The average Bonchev–Trinajstić information content (AvgIpc) is 3.45. The number of carboxylic acid groups (broad SMARTS) is 1. The van der Waals surface area contributed by atoms with Crippen LogP contribution in [0.3, 0.4) is 0 Å². The highest BCUT2D eigenvalue weighted by Crippen LogP contribution is 2.41. The molecule has 176 valence electrons. The predicted octanol–water partition coefficient (Wildman–Crippen LogP) is 2.54. The summed E-state index contributed by atoms with van der Waals surface area (Å²) in [5.74, 6) is 0.893. The molecule has 2 heterocycles. The second kappa shape index (κ2) is 9.58. The molecule has 33 heavy (non-hydrogen) atoms. The van der Waals surface area contributed by atoms with Crippen molar-refractivity contribution in [1.82, 2.24) is 9.80 Å². The Morgan fingerprint density at radius 3 is 2.58 bits per heavy atom. The lowest BCUT2D eigenvalue weighted by molar-refractivity contribution is -0.143. The quantitative estimate of drug-likeness (QED) is 0.647. The number of ether oxygens (including phenoxy) is 4. The fourth-order valence-corrected chi connectivity index (χ4v) is 4.47. The molecule has 2 atom stereocenters. The molecule has 1 saturated heterocycles. The number of benzene rings is 2. The van der Waals surface area contributed by atoms with Crippen molar-refractivity contribution in [3.63, 3.8) is 0 Å². The molecule has 2 unspecified atom stereocenters. The maximum Gasteiger partial charge on any atom is 0.308 e. The Bertz CT molecular complexity index is 1040. The Hall–Kier alpha value is -3.46. The highest BCUT2D eigenvalue weighted by Gasteiger charge is 2.41. The molecule has 1 fully saturated rings. The van der Waals surface area contributed by atoms with Gasteiger partial charge in [0.15, 0.2) is 23.0 Å². The highest BCUT2D eigenvalue weighted by atomic mass is 16.7. The lowest BCUT2D eigenvalue weighted by Crippen LogP contribution is -2.39. The molecular weight excluding hydrogens is 428 g/mol. The van der Waals surface area contributed by atoms with E-state index in [0.29, 0.717) is 42.5 Å². The molecule has 1 amide bonds. The van der Waals surface area contributed by atoms with E-state index in [1.807, 2.05) is 29.2 Å². The maximum absolute atomic E-state index is 13.1. The summed E-state index contributed by atoms with van der Waals surface area (Å²) in [5, 5.41) is 9.79. The molecule has 0 saturated carbocycles. The minimum absolute atomic E-state index is 0.0958. The van der Waals surface area contributed by atoms with Gasteiger partial charge in [-0.2, -0.15) is 0 Å². The first kappa shape index (κ1) is 22.7. The number of nitrogens with zero attached hydrogens (tertiary/aromatic N) is 2. The summed E-state index contributed by atoms with van der Waals surface area (Å²) in [7, 11) is 4.88. The van der Waals surface area contributed by atoms with Crippen LogP contribution in [0.25, 0.3) is 0 Å². The number of likely N-dealkylation sites (N-methyl/N-ethyl adjacent to an activating group) is 1. The standard InChI is InChI=1S/C24H28N2O7/c1-25(12-15-4-6-18(30-2)20(10-15)31-3)22(27)13-26-9-8-17(24(28)29)23(26)16-5-7-19-21(11-16)33-14-32-19/h4-7,10-11,17,23H,8-9,12-14H2,1-3H3,(H,28,29). The van der Waals surface area contributed by atoms with Gasteiger partial charge in [0, 0.05) is 26.2 Å². The summed E-state index contributed by atoms with van der Waals surface area (Å²) in [5.41, 5.74) is 1.71. The van der Waals surface area contributed by atoms with Gasteiger partial charge in [-0.15, -0.1) is 0 Å². The number of carbonyl (C=O) groups excluding carboxylic acids is 1. The number of methoxy groups -OCH3 is 2. The number of aliphatic carboxylic acids is 1. The number of carbonyl (C=O) groups is 2. The van der Waals surface area contributed by atoms with Crippen LogP contribution in [0.2, 0.25) is 0 Å². The van der Waals surface area contributed by atoms with E-state index in [0.717, 1.165) is 11.1 Å². The van der Waals surface area contributed by atoms with Crippen LogP contribution >= 0.6 is 0 Å². The molecule has 0 aliphatic carbocycles. The Kier molecular flexibility index (Phi) is 6.60. The Labute approximate surface area is 192 Å². The number of hydrogen-bond acceptors (Lipinski definition) is 7. The second-order valence-corrected chi connectivity index (χ2v) is 8.20. The van der Waals surface area contributed by atoms with Crippen LogP contribution in [-0.2, 0) is 16.1 Å². The minimum Gasteiger partial charge on any atom is -0.493 e. The predicted molar refractivity (Wildman–Crippen MR) is 119 cm³/mol. The van der Waals surface area contributed by atoms with Crippen molar-refractivity contribution in [1.29, 1.82) is 0 Å². The van der Waals surface area contributed by atoms with Crippen LogP contribution in [0.5, 0.6) is 23.0 Å². The number of fused-ring (bicyclic) bond motifs is 1. The third-order valence-corrected chi connectivity index (χ3v) is 6.19. The van der Waals surface area contributed by atoms with Gasteiger partial charge < -0.3 is 29.0 Å². The van der Waals surface area contributed by atoms with Gasteiger partial charge in [0.1, 0.15) is 0 Å². The zero-order chi connectivity index (χ0) is 23.5. The molecule has 9 heteroatoms. The fraction of sp³-hybridized carbons (Fsp3) is 0.417. The summed E-state index contributed by atoms with van der Waals surface area (Å²) in [6.45, 7) is 1.18. The third-order valence-electron chi connectivity index (χ3n) is 6.19. The Morgan fingerprint density at radius 2 is 1.85 bits per heavy atom. The fourth-order valence-electron chi connectivity index (χ4n) is 4.47. The van der Waals surface area contributed by atoms with Gasteiger partial charge in [-0.25, -0.2) is 0 Å². The van der Waals surface area contributed by atoms with Crippen molar-refractivity contribution < 1.29 is 33.6 Å². The van der Waals surface area contributed by atoms with Gasteiger partial charge in [-0.1, -0.05) is 12.1 Å². The second-order valence-electron chi connectivity index (χ2n) is 8.20. The molecule has 0 bridgehead atoms. The molecular formula is C24H28N2O7. The first-order valence-electron chi connectivity index (χ1n) is 10.7. The van der Waals surface area contributed by atoms with Crippen LogP contribution in [0.15, 0.2) is 36.4 Å². The molecule has 0 spiro atoms. The lowest BCUT2D eigenvalue weighted by Gasteiger charge is -2.28. The largest absolute Gasteiger partial charge is 0.493 e. The summed E-state index contributed by atoms with van der Waals surface area (Å²) < 4.78 is 21.4. The SMILES string of the molecule is COc1ccc(CN(C)C(=O)CN2CCC(C(=O)O)C2c2ccc3c(c2)OCO3)cc1OC. The Balaban J connectivity index is 1.48. The highest BCUT2D eigenvalue weighted by molar-refractivity contribution is 5.78. The maximum atomic E-state index is 13.1. The van der Waals surface area contributed by atoms with Crippen LogP contribution in [0, 0.1) is 5.92 Å². The zero-order valence-electron chi connectivity index (χ0n) is 18.9. The van der Waals surface area contributed by atoms with E-state index in [2.05, 4.69) is 0 Å². The van der Waals surface area contributed by atoms with Gasteiger partial charge in [-0.3, -0.25) is 14.5 Å². The van der Waals surface area contributed by atoms with Gasteiger partial charge in [0.25, 0.3) is 0 Å². The first-order valence-corrected chi connectivity index (χ1v) is 10.7. The van der Waals surface area contributed by atoms with Gasteiger partial charge in [0.05, 0.1) is 26.7 Å². The molecule has 9 nitrogen and oxygen atoms in total. The molecule has 2 aliphatic rings. The summed E-state index contributed by atoms with van der Waals surface area (Å²) in [6, 6.07) is 10.6. The van der Waals surface area contributed by atoms with E-state index < -0.39 is 17.9 Å². The van der Waals surface area contributed by atoms with Crippen molar-refractivity contribution in [2.75, 3.05) is 41.1 Å². The van der Waals surface area contributed by atoms with Crippen LogP contribution in [-0.4, -0.2) is 67.9 Å². The average molecular weight is 456 g/mol. The van der Waals surface area contributed by atoms with E-state index in [-0.39, 0.29) is 19.2 Å². The molecule has 1 N–H and O–H groups in total. The van der Waals surface area contributed by atoms with Crippen molar-refractivity contribution in [2.45, 2.75) is 19.0 Å². The topological polar surface area (TPSA) is 97.8 Å². The molecule has 0 aromatic heterocycles. The normalized spacial score (nSPS) is 19.4. The summed E-state index contributed by atoms with van der Waals surface area (Å²) in [6.07, 6.45) is 0.473. The van der Waals surface area contributed by atoms with Crippen molar-refractivity contribution in [3.05, 3.63) is 47.5 Å². The van der Waals surface area contributed by atoms with Crippen molar-refractivity contribution in [3.8, 4) is 23.0 Å². The molecule has 4 rings (SSSR count). The van der Waals surface area contributed by atoms with E-state index in [4.69, 9.17) is 18.9 Å². The summed E-state index contributed by atoms with van der Waals surface area (Å²) in [4.78, 5) is 28.6. The van der Waals surface area contributed by atoms with E-state index in [9.17, 15) is 14.7 Å². The monoisotopic (exact) mass is 456 g/mol. The van der Waals surface area contributed by atoms with Gasteiger partial charge >= 0.3 is 5.97 Å². The van der Waals surface area contributed by atoms with E-state index in [1.165, 1.54) is 0 Å². The molecule has 2 aromatic rings. The van der Waals surface area contributed by atoms with Gasteiger partial charge in [-0.05, 0) is 41.8 Å². The lowest BCUT2D eigenvalue weighted by atomic mass is 9.93. The number of likely N-dealkylation sites (tertiary alicyclic amines) is 1. The number of hydrogen-bond donors (Lipinski definition) is 1. The number of amides is 1. The van der Waals surface area contributed by atoms with Crippen molar-refractivity contribution in [2.24, 2.45) is 5.92 Å². The third kappa shape index (κ3) is 4.68. The molecule has 2 aromatic carbocycles. The van der Waals surface area contributed by atoms with Crippen LogP contribution in [0.4, 0.5) is 0 Å². The van der Waals surface area contributed by atoms with Gasteiger partial charge in [0.2, 0.25) is 12.7 Å². The Morgan fingerprint density at radius 1 is 1.09 bits per heavy atom. The van der Waals surface area contributed by atoms with Crippen LogP contribution in [0.1, 0.15) is 23.6 Å². The molecule has 2 aliphatic heterocycles. The smallest absolute Gasteiger partial charge is 0.308 e. The van der Waals surface area contributed by atoms with E-state index in [1.54, 1.807) is 38.3 Å². The summed E-state index contributed by atoms with van der Waals surface area (Å²) >= 11 is 0.